The van der Waals surface area contributed by atoms with Gasteiger partial charge >= 0.3 is 0 Å². The molecular formula is C18H25IN4O2. The molecule has 6 nitrogen and oxygen atoms in total. The molecule has 7 heteroatoms. The number of aliphatic imine (C=N–C) groups is 1. The fourth-order valence-corrected chi connectivity index (χ4v) is 2.41. The molecule has 0 aliphatic heterocycles. The molecule has 0 radical (unpaired) electrons. The highest BCUT2D eigenvalue weighted by Crippen LogP contribution is 2.22. The molecule has 0 aliphatic carbocycles. The number of para-hydroxylation sites is 1. The Hall–Kier alpha value is -2.03. The quantitative estimate of drug-likeness (QED) is 0.258. The third kappa shape index (κ3) is 6.08. The van der Waals surface area contributed by atoms with Crippen LogP contribution in [0.4, 0.5) is 5.69 Å². The first-order valence-electron chi connectivity index (χ1n) is 8.15. The number of nitrogens with two attached hydrogens (primary N) is 1. The van der Waals surface area contributed by atoms with E-state index in [9.17, 15) is 4.79 Å². The fourth-order valence-electron chi connectivity index (χ4n) is 2.41. The van der Waals surface area contributed by atoms with Crippen molar-refractivity contribution in [1.82, 2.24) is 5.32 Å². The van der Waals surface area contributed by atoms with Crippen LogP contribution in [0.25, 0.3) is 0 Å². The van der Waals surface area contributed by atoms with Gasteiger partial charge in [0.2, 0.25) is 0 Å². The standard InChI is InChI=1S/C18H24N4O2.HI/c1-3-13-7-5-8-14(4-2)16(13)22-18(19)21-11-10-20-17(23)15-9-6-12-24-15;/h5-9,12H,3-4,10-11H2,1-2H3,(H,20,23)(H3,19,21,22);1H. The van der Waals surface area contributed by atoms with E-state index in [1.54, 1.807) is 12.1 Å². The number of carbonyl (C=O) groups excluding carboxylic acids is 1. The Kier molecular flexibility index (Phi) is 9.04. The van der Waals surface area contributed by atoms with Crippen molar-refractivity contribution in [1.29, 1.82) is 0 Å². The molecule has 1 aromatic heterocycles. The predicted octanol–water partition coefficient (Wildman–Crippen LogP) is 3.18. The number of halogens is 1. The normalized spacial score (nSPS) is 10.9. The molecule has 1 heterocycles. The molecule has 25 heavy (non-hydrogen) atoms. The van der Waals surface area contributed by atoms with Crippen molar-refractivity contribution in [3.63, 3.8) is 0 Å². The van der Waals surface area contributed by atoms with Crippen LogP contribution in [0.3, 0.4) is 0 Å². The summed E-state index contributed by atoms with van der Waals surface area (Å²) >= 11 is 0. The van der Waals surface area contributed by atoms with E-state index in [2.05, 4.69) is 47.7 Å². The number of nitrogens with zero attached hydrogens (tertiary/aromatic N) is 1. The number of hydrogen-bond donors (Lipinski definition) is 3. The maximum absolute atomic E-state index is 11.7. The molecule has 0 unspecified atom stereocenters. The Bertz CT molecular complexity index is 677. The molecule has 4 N–H and O–H groups in total. The maximum atomic E-state index is 11.7. The Labute approximate surface area is 165 Å². The van der Waals surface area contributed by atoms with Crippen LogP contribution < -0.4 is 16.4 Å². The van der Waals surface area contributed by atoms with E-state index in [1.807, 2.05) is 0 Å². The molecular weight excluding hydrogens is 431 g/mol. The monoisotopic (exact) mass is 456 g/mol. The first-order chi connectivity index (χ1) is 11.7. The topological polar surface area (TPSA) is 92.6 Å². The van der Waals surface area contributed by atoms with Gasteiger partial charge in [-0.15, -0.1) is 24.0 Å². The summed E-state index contributed by atoms with van der Waals surface area (Å²) in [5.74, 6) is 0.374. The smallest absolute Gasteiger partial charge is 0.287 e. The van der Waals surface area contributed by atoms with Crippen molar-refractivity contribution >= 4 is 41.5 Å². The molecule has 1 amide bonds. The van der Waals surface area contributed by atoms with E-state index >= 15 is 0 Å². The molecule has 2 aromatic rings. The predicted molar refractivity (Wildman–Crippen MR) is 112 cm³/mol. The lowest BCUT2D eigenvalue weighted by Crippen LogP contribution is -2.28. The van der Waals surface area contributed by atoms with Crippen molar-refractivity contribution < 1.29 is 9.21 Å². The summed E-state index contributed by atoms with van der Waals surface area (Å²) in [6.45, 7) is 4.99. The zero-order chi connectivity index (χ0) is 17.4. The molecule has 0 saturated carbocycles. The first-order valence-corrected chi connectivity index (χ1v) is 8.15. The lowest BCUT2D eigenvalue weighted by atomic mass is 10.0. The van der Waals surface area contributed by atoms with Crippen LogP contribution in [0.15, 0.2) is 46.0 Å². The van der Waals surface area contributed by atoms with Gasteiger partial charge in [0.15, 0.2) is 11.7 Å². The molecule has 136 valence electrons. The molecule has 0 bridgehead atoms. The van der Waals surface area contributed by atoms with Gasteiger partial charge in [-0.05, 0) is 36.1 Å². The van der Waals surface area contributed by atoms with Crippen molar-refractivity contribution in [2.75, 3.05) is 18.4 Å². The van der Waals surface area contributed by atoms with Crippen LogP contribution >= 0.6 is 24.0 Å². The van der Waals surface area contributed by atoms with Crippen molar-refractivity contribution in [3.05, 3.63) is 53.5 Å². The number of furan rings is 1. The van der Waals surface area contributed by atoms with Crippen molar-refractivity contribution in [2.45, 2.75) is 26.7 Å². The lowest BCUT2D eigenvalue weighted by molar-refractivity contribution is 0.0927. The highest BCUT2D eigenvalue weighted by atomic mass is 127. The minimum atomic E-state index is -0.258. The molecule has 0 spiro atoms. The van der Waals surface area contributed by atoms with Gasteiger partial charge in [0.25, 0.3) is 5.91 Å². The summed E-state index contributed by atoms with van der Waals surface area (Å²) in [6.07, 6.45) is 3.30. The van der Waals surface area contributed by atoms with Crippen LogP contribution in [-0.2, 0) is 12.8 Å². The van der Waals surface area contributed by atoms with Crippen molar-refractivity contribution in [2.24, 2.45) is 10.7 Å². The summed E-state index contributed by atoms with van der Waals surface area (Å²) in [4.78, 5) is 16.0. The average Bonchev–Trinajstić information content (AvgIpc) is 3.13. The van der Waals surface area contributed by atoms with E-state index < -0.39 is 0 Å². The third-order valence-corrected chi connectivity index (χ3v) is 3.68. The second-order valence-corrected chi connectivity index (χ2v) is 5.28. The highest BCUT2D eigenvalue weighted by molar-refractivity contribution is 14.0. The summed E-state index contributed by atoms with van der Waals surface area (Å²) in [6, 6.07) is 9.50. The van der Waals surface area contributed by atoms with Crippen LogP contribution in [0, 0.1) is 0 Å². The molecule has 0 atom stereocenters. The third-order valence-electron chi connectivity index (χ3n) is 3.68. The van der Waals surface area contributed by atoms with E-state index in [4.69, 9.17) is 10.2 Å². The summed E-state index contributed by atoms with van der Waals surface area (Å²) in [5.41, 5.74) is 9.42. The van der Waals surface area contributed by atoms with Crippen LogP contribution in [0.1, 0.15) is 35.5 Å². The van der Waals surface area contributed by atoms with Gasteiger partial charge in [0.05, 0.1) is 12.8 Å². The van der Waals surface area contributed by atoms with Gasteiger partial charge in [-0.25, -0.2) is 0 Å². The number of hydrogen-bond acceptors (Lipinski definition) is 3. The number of guanidine groups is 1. The largest absolute Gasteiger partial charge is 0.459 e. The zero-order valence-corrected chi connectivity index (χ0v) is 16.9. The lowest BCUT2D eigenvalue weighted by Gasteiger charge is -2.14. The number of carbonyl (C=O) groups is 1. The highest BCUT2D eigenvalue weighted by Gasteiger charge is 2.08. The average molecular weight is 456 g/mol. The van der Waals surface area contributed by atoms with Crippen LogP contribution in [0.5, 0.6) is 0 Å². The van der Waals surface area contributed by atoms with Crippen LogP contribution in [0.2, 0.25) is 0 Å². The molecule has 2 rings (SSSR count). The van der Waals surface area contributed by atoms with Gasteiger partial charge in [0, 0.05) is 12.2 Å². The number of rotatable bonds is 7. The number of nitrogens with one attached hydrogen (secondary N) is 2. The summed E-state index contributed by atoms with van der Waals surface area (Å²) < 4.78 is 5.02. The fraction of sp³-hybridized carbons (Fsp3) is 0.333. The van der Waals surface area contributed by atoms with Crippen molar-refractivity contribution in [3.8, 4) is 0 Å². The summed E-state index contributed by atoms with van der Waals surface area (Å²) in [5, 5.41) is 5.92. The van der Waals surface area contributed by atoms with E-state index in [0.717, 1.165) is 18.5 Å². The molecule has 0 fully saturated rings. The van der Waals surface area contributed by atoms with E-state index in [0.29, 0.717) is 19.0 Å². The van der Waals surface area contributed by atoms with Gasteiger partial charge in [-0.3, -0.25) is 9.79 Å². The van der Waals surface area contributed by atoms with E-state index in [1.165, 1.54) is 17.4 Å². The first kappa shape index (κ1) is 21.0. The summed E-state index contributed by atoms with van der Waals surface area (Å²) in [7, 11) is 0. The number of aryl methyl sites for hydroxylation is 2. The second kappa shape index (κ2) is 10.8. The second-order valence-electron chi connectivity index (χ2n) is 5.28. The SMILES string of the molecule is CCc1cccc(CC)c1NC(N)=NCCNC(=O)c1ccco1.I. The Morgan fingerprint density at radius 1 is 1.16 bits per heavy atom. The van der Waals surface area contributed by atoms with E-state index in [-0.39, 0.29) is 35.6 Å². The Morgan fingerprint density at radius 2 is 1.84 bits per heavy atom. The number of benzene rings is 1. The molecule has 0 aliphatic rings. The molecule has 0 saturated heterocycles. The minimum Gasteiger partial charge on any atom is -0.459 e. The Morgan fingerprint density at radius 3 is 2.40 bits per heavy atom. The minimum absolute atomic E-state index is 0. The number of amides is 1. The molecule has 1 aromatic carbocycles. The number of anilines is 1. The van der Waals surface area contributed by atoms with Gasteiger partial charge in [0.1, 0.15) is 0 Å². The van der Waals surface area contributed by atoms with Gasteiger partial charge < -0.3 is 20.8 Å². The zero-order valence-electron chi connectivity index (χ0n) is 14.5. The van der Waals surface area contributed by atoms with Crippen LogP contribution in [-0.4, -0.2) is 25.0 Å². The van der Waals surface area contributed by atoms with Gasteiger partial charge in [-0.2, -0.15) is 0 Å². The Balaban J connectivity index is 0.00000312. The van der Waals surface area contributed by atoms with Gasteiger partial charge in [-0.1, -0.05) is 32.0 Å². The maximum Gasteiger partial charge on any atom is 0.287 e.